The first-order chi connectivity index (χ1) is 7.88. The minimum Gasteiger partial charge on any atom is -0.480 e. The molecule has 0 aliphatic carbocycles. The van der Waals surface area contributed by atoms with Crippen molar-refractivity contribution in [1.29, 1.82) is 0 Å². The lowest BCUT2D eigenvalue weighted by Crippen LogP contribution is -1.91. The molecule has 0 bridgehead atoms. The number of thioether (sulfide) groups is 1. The van der Waals surface area contributed by atoms with Crippen LogP contribution < -0.4 is 4.74 Å². The first kappa shape index (κ1) is 11.0. The number of hydrogen-bond donors (Lipinski definition) is 0. The largest absolute Gasteiger partial charge is 0.480 e. The Morgan fingerprint density at radius 2 is 1.88 bits per heavy atom. The molecule has 0 aliphatic heterocycles. The molecule has 0 saturated heterocycles. The molecular weight excluding hydrogens is 220 g/mol. The van der Waals surface area contributed by atoms with Crippen molar-refractivity contribution in [2.45, 2.75) is 10.8 Å². The first-order valence-electron chi connectivity index (χ1n) is 4.93. The lowest BCUT2D eigenvalue weighted by molar-refractivity contribution is 0.390. The number of nitrogens with zero attached hydrogens (tertiary/aromatic N) is 2. The minimum atomic E-state index is 0.545. The molecule has 0 aliphatic rings. The molecule has 0 saturated carbocycles. The predicted octanol–water partition coefficient (Wildman–Crippen LogP) is 2.78. The minimum absolute atomic E-state index is 0.545. The van der Waals surface area contributed by atoms with E-state index in [0.29, 0.717) is 5.88 Å². The molecule has 16 heavy (non-hydrogen) atoms. The van der Waals surface area contributed by atoms with E-state index in [1.807, 2.05) is 30.3 Å². The highest BCUT2D eigenvalue weighted by atomic mass is 32.2. The summed E-state index contributed by atoms with van der Waals surface area (Å²) < 4.78 is 4.95. The molecule has 2 rings (SSSR count). The Hall–Kier alpha value is -1.55. The molecular formula is C12H12N2OS. The monoisotopic (exact) mass is 232 g/mol. The summed E-state index contributed by atoms with van der Waals surface area (Å²) in [6, 6.07) is 14.0. The summed E-state index contributed by atoms with van der Waals surface area (Å²) >= 11 is 1.66. The Morgan fingerprint density at radius 3 is 2.50 bits per heavy atom. The van der Waals surface area contributed by atoms with E-state index in [9.17, 15) is 0 Å². The second-order valence-electron chi connectivity index (χ2n) is 3.19. The van der Waals surface area contributed by atoms with Crippen LogP contribution in [0.3, 0.4) is 0 Å². The van der Waals surface area contributed by atoms with E-state index < -0.39 is 0 Å². The van der Waals surface area contributed by atoms with Crippen LogP contribution in [0.15, 0.2) is 47.5 Å². The van der Waals surface area contributed by atoms with E-state index in [-0.39, 0.29) is 0 Å². The molecule has 1 aromatic heterocycles. The van der Waals surface area contributed by atoms with Crippen LogP contribution in [0.5, 0.6) is 5.88 Å². The summed E-state index contributed by atoms with van der Waals surface area (Å²) in [4.78, 5) is 0. The van der Waals surface area contributed by atoms with Gasteiger partial charge >= 0.3 is 0 Å². The third-order valence-corrected chi connectivity index (χ3v) is 3.05. The summed E-state index contributed by atoms with van der Waals surface area (Å²) in [6.45, 7) is 0. The average Bonchev–Trinajstić information content (AvgIpc) is 2.38. The molecule has 82 valence electrons. The predicted molar refractivity (Wildman–Crippen MR) is 64.6 cm³/mol. The summed E-state index contributed by atoms with van der Waals surface area (Å²) in [5.41, 5.74) is 1.28. The van der Waals surface area contributed by atoms with Crippen molar-refractivity contribution >= 4 is 11.8 Å². The van der Waals surface area contributed by atoms with E-state index in [2.05, 4.69) is 22.3 Å². The summed E-state index contributed by atoms with van der Waals surface area (Å²) in [5, 5.41) is 8.88. The van der Waals surface area contributed by atoms with E-state index in [1.54, 1.807) is 18.9 Å². The van der Waals surface area contributed by atoms with Crippen molar-refractivity contribution in [3.63, 3.8) is 0 Å². The number of aromatic nitrogens is 2. The van der Waals surface area contributed by atoms with Gasteiger partial charge in [-0.3, -0.25) is 0 Å². The number of hydrogen-bond acceptors (Lipinski definition) is 4. The molecule has 0 fully saturated rings. The second-order valence-corrected chi connectivity index (χ2v) is 4.18. The summed E-state index contributed by atoms with van der Waals surface area (Å²) in [5.74, 6) is 1.45. The van der Waals surface area contributed by atoms with E-state index in [4.69, 9.17) is 4.74 Å². The summed E-state index contributed by atoms with van der Waals surface area (Å²) in [7, 11) is 1.58. The Labute approximate surface area is 98.9 Å². The maximum Gasteiger partial charge on any atom is 0.233 e. The molecule has 0 spiro atoms. The quantitative estimate of drug-likeness (QED) is 0.759. The van der Waals surface area contributed by atoms with Gasteiger partial charge in [0.1, 0.15) is 5.03 Å². The van der Waals surface area contributed by atoms with Gasteiger partial charge in [0, 0.05) is 11.8 Å². The summed E-state index contributed by atoms with van der Waals surface area (Å²) in [6.07, 6.45) is 0. The van der Waals surface area contributed by atoms with Crippen LogP contribution in [-0.4, -0.2) is 17.3 Å². The van der Waals surface area contributed by atoms with Crippen LogP contribution in [0.4, 0.5) is 0 Å². The standard InChI is InChI=1S/C12H12N2OS/c1-15-11-7-8-12(14-13-11)16-9-10-5-3-2-4-6-10/h2-8H,9H2,1H3. The van der Waals surface area contributed by atoms with Gasteiger partial charge in [-0.25, -0.2) is 0 Å². The average molecular weight is 232 g/mol. The number of rotatable bonds is 4. The smallest absolute Gasteiger partial charge is 0.233 e. The fraction of sp³-hybridized carbons (Fsp3) is 0.167. The molecule has 1 heterocycles. The van der Waals surface area contributed by atoms with E-state index in [1.165, 1.54) is 5.56 Å². The zero-order chi connectivity index (χ0) is 11.2. The van der Waals surface area contributed by atoms with Crippen molar-refractivity contribution in [1.82, 2.24) is 10.2 Å². The highest BCUT2D eigenvalue weighted by Crippen LogP contribution is 2.20. The van der Waals surface area contributed by atoms with Crippen LogP contribution in [0.25, 0.3) is 0 Å². The van der Waals surface area contributed by atoms with Crippen molar-refractivity contribution in [3.8, 4) is 5.88 Å². The van der Waals surface area contributed by atoms with Crippen LogP contribution in [0.1, 0.15) is 5.56 Å². The van der Waals surface area contributed by atoms with Crippen LogP contribution >= 0.6 is 11.8 Å². The van der Waals surface area contributed by atoms with Gasteiger partial charge in [-0.1, -0.05) is 42.1 Å². The van der Waals surface area contributed by atoms with Gasteiger partial charge in [-0.05, 0) is 11.6 Å². The second kappa shape index (κ2) is 5.51. The van der Waals surface area contributed by atoms with Gasteiger partial charge in [0.05, 0.1) is 7.11 Å². The van der Waals surface area contributed by atoms with E-state index >= 15 is 0 Å². The molecule has 0 N–H and O–H groups in total. The zero-order valence-corrected chi connectivity index (χ0v) is 9.78. The number of methoxy groups -OCH3 is 1. The van der Waals surface area contributed by atoms with Crippen molar-refractivity contribution < 1.29 is 4.74 Å². The van der Waals surface area contributed by atoms with Crippen LogP contribution in [0, 0.1) is 0 Å². The lowest BCUT2D eigenvalue weighted by atomic mass is 10.2. The SMILES string of the molecule is COc1ccc(SCc2ccccc2)nn1. The Balaban J connectivity index is 1.94. The van der Waals surface area contributed by atoms with Crippen molar-refractivity contribution in [2.75, 3.05) is 7.11 Å². The first-order valence-corrected chi connectivity index (χ1v) is 5.91. The third kappa shape index (κ3) is 2.97. The molecule has 3 nitrogen and oxygen atoms in total. The van der Waals surface area contributed by atoms with Gasteiger partial charge in [-0.2, -0.15) is 0 Å². The molecule has 4 heteroatoms. The molecule has 0 amide bonds. The zero-order valence-electron chi connectivity index (χ0n) is 8.96. The molecule has 2 aromatic rings. The van der Waals surface area contributed by atoms with E-state index in [0.717, 1.165) is 10.8 Å². The highest BCUT2D eigenvalue weighted by molar-refractivity contribution is 7.98. The highest BCUT2D eigenvalue weighted by Gasteiger charge is 1.99. The Bertz CT molecular complexity index is 431. The van der Waals surface area contributed by atoms with Gasteiger partial charge in [0.25, 0.3) is 0 Å². The Morgan fingerprint density at radius 1 is 1.06 bits per heavy atom. The molecule has 0 unspecified atom stereocenters. The fourth-order valence-corrected chi connectivity index (χ4v) is 1.99. The van der Waals surface area contributed by atoms with Gasteiger partial charge < -0.3 is 4.74 Å². The normalized spacial score (nSPS) is 10.1. The maximum absolute atomic E-state index is 4.95. The molecule has 0 radical (unpaired) electrons. The van der Waals surface area contributed by atoms with Gasteiger partial charge in [-0.15, -0.1) is 10.2 Å². The number of benzene rings is 1. The van der Waals surface area contributed by atoms with Crippen molar-refractivity contribution in [3.05, 3.63) is 48.0 Å². The maximum atomic E-state index is 4.95. The molecule has 0 atom stereocenters. The topological polar surface area (TPSA) is 35.0 Å². The number of ether oxygens (including phenoxy) is 1. The van der Waals surface area contributed by atoms with Crippen LogP contribution in [0.2, 0.25) is 0 Å². The van der Waals surface area contributed by atoms with Crippen molar-refractivity contribution in [2.24, 2.45) is 0 Å². The third-order valence-electron chi connectivity index (χ3n) is 2.05. The van der Waals surface area contributed by atoms with Crippen LogP contribution in [-0.2, 0) is 5.75 Å². The van der Waals surface area contributed by atoms with Gasteiger partial charge in [0.2, 0.25) is 5.88 Å². The van der Waals surface area contributed by atoms with Gasteiger partial charge in [0.15, 0.2) is 0 Å². The molecule has 1 aromatic carbocycles. The fourth-order valence-electron chi connectivity index (χ4n) is 1.23. The Kier molecular flexibility index (Phi) is 3.77. The lowest BCUT2D eigenvalue weighted by Gasteiger charge is -2.01.